The summed E-state index contributed by atoms with van der Waals surface area (Å²) in [6, 6.07) is 0.246. The molecule has 1 amide bonds. The van der Waals surface area contributed by atoms with Gasteiger partial charge in [-0.05, 0) is 59.7 Å². The molecule has 1 aliphatic rings. The molecule has 0 aliphatic carbocycles. The van der Waals surface area contributed by atoms with E-state index in [2.05, 4.69) is 6.92 Å². The number of carbonyl (C=O) groups is 1. The van der Waals surface area contributed by atoms with Crippen LogP contribution >= 0.6 is 11.8 Å². The minimum Gasteiger partial charge on any atom is -0.444 e. The molecule has 0 aromatic carbocycles. The van der Waals surface area contributed by atoms with Crippen LogP contribution in [0.2, 0.25) is 0 Å². The monoisotopic (exact) mass is 276 g/mol. The Morgan fingerprint density at radius 2 is 2.00 bits per heavy atom. The molecule has 0 aromatic rings. The van der Waals surface area contributed by atoms with Crippen molar-refractivity contribution in [2.45, 2.75) is 65.1 Å². The average molecular weight is 277 g/mol. The number of likely N-dealkylation sites (tertiary alicyclic amines) is 1. The van der Waals surface area contributed by atoms with E-state index in [1.165, 1.54) is 0 Å². The summed E-state index contributed by atoms with van der Waals surface area (Å²) in [6.07, 6.45) is 0.619. The van der Waals surface area contributed by atoms with Crippen molar-refractivity contribution < 1.29 is 9.53 Å². The number of rotatable bonds is 2. The molecule has 1 aliphatic heterocycles. The van der Waals surface area contributed by atoms with Crippen molar-refractivity contribution in [2.75, 3.05) is 13.1 Å². The average Bonchev–Trinajstić information content (AvgIpc) is 2.58. The van der Waals surface area contributed by atoms with Gasteiger partial charge in [-0.15, -0.1) is 0 Å². The zero-order valence-electron chi connectivity index (χ0n) is 12.3. The van der Waals surface area contributed by atoms with Crippen LogP contribution in [0.1, 0.15) is 48.0 Å². The number of ether oxygens (including phenoxy) is 1. The Labute approximate surface area is 115 Å². The number of hydrogen-bond acceptors (Lipinski definition) is 3. The normalized spacial score (nSPS) is 25.1. The van der Waals surface area contributed by atoms with Crippen LogP contribution < -0.4 is 0 Å². The summed E-state index contributed by atoms with van der Waals surface area (Å²) in [6.45, 7) is 13.1. The molecule has 4 nitrogen and oxygen atoms in total. The maximum Gasteiger partial charge on any atom is 0.410 e. The quantitative estimate of drug-likeness (QED) is 0.726. The second-order valence-corrected chi connectivity index (χ2v) is 6.92. The standard InChI is InChI=1S/C13H25ClN2O2/c1-10(2)16(14)13(6)7-8-15(9-13)11(17)18-12(3,4)5/h10H,7-9H2,1-6H3/t13-/m1/s1. The molecule has 18 heavy (non-hydrogen) atoms. The highest BCUT2D eigenvalue weighted by Gasteiger charge is 2.42. The van der Waals surface area contributed by atoms with Crippen molar-refractivity contribution in [1.29, 1.82) is 0 Å². The number of amides is 1. The minimum absolute atomic E-state index is 0.174. The van der Waals surface area contributed by atoms with Gasteiger partial charge in [-0.2, -0.15) is 0 Å². The molecular weight excluding hydrogens is 252 g/mol. The molecule has 0 aromatic heterocycles. The van der Waals surface area contributed by atoms with Gasteiger partial charge in [0.1, 0.15) is 5.60 Å². The fourth-order valence-electron chi connectivity index (χ4n) is 2.23. The highest BCUT2D eigenvalue weighted by Crippen LogP contribution is 2.31. The maximum absolute atomic E-state index is 12.0. The van der Waals surface area contributed by atoms with E-state index in [1.54, 1.807) is 4.90 Å². The summed E-state index contributed by atoms with van der Waals surface area (Å²) in [5, 5.41) is 0. The van der Waals surface area contributed by atoms with E-state index >= 15 is 0 Å². The van der Waals surface area contributed by atoms with E-state index in [9.17, 15) is 4.79 Å². The second-order valence-electron chi connectivity index (χ2n) is 6.55. The Kier molecular flexibility index (Phi) is 4.55. The molecule has 1 saturated heterocycles. The van der Waals surface area contributed by atoms with Gasteiger partial charge in [0.25, 0.3) is 0 Å². The van der Waals surface area contributed by atoms with E-state index in [0.29, 0.717) is 13.1 Å². The van der Waals surface area contributed by atoms with Gasteiger partial charge < -0.3 is 9.64 Å². The second kappa shape index (κ2) is 5.25. The van der Waals surface area contributed by atoms with E-state index < -0.39 is 5.60 Å². The molecule has 0 radical (unpaired) electrons. The fraction of sp³-hybridized carbons (Fsp3) is 0.923. The molecule has 106 valence electrons. The zero-order valence-corrected chi connectivity index (χ0v) is 13.0. The summed E-state index contributed by atoms with van der Waals surface area (Å²) in [7, 11) is 0. The van der Waals surface area contributed by atoms with Gasteiger partial charge in [0.05, 0.1) is 5.54 Å². The fourth-order valence-corrected chi connectivity index (χ4v) is 2.36. The number of hydrogen-bond donors (Lipinski definition) is 0. The summed E-state index contributed by atoms with van der Waals surface area (Å²) >= 11 is 6.32. The van der Waals surface area contributed by atoms with Gasteiger partial charge >= 0.3 is 6.09 Å². The number of nitrogens with zero attached hydrogens (tertiary/aromatic N) is 2. The van der Waals surface area contributed by atoms with Crippen LogP contribution in [0.25, 0.3) is 0 Å². The first-order valence-electron chi connectivity index (χ1n) is 6.48. The van der Waals surface area contributed by atoms with Gasteiger partial charge in [0, 0.05) is 19.1 Å². The topological polar surface area (TPSA) is 32.8 Å². The lowest BCUT2D eigenvalue weighted by Gasteiger charge is -2.35. The molecule has 1 rings (SSSR count). The molecule has 5 heteroatoms. The summed E-state index contributed by atoms with van der Waals surface area (Å²) in [4.78, 5) is 13.7. The van der Waals surface area contributed by atoms with Crippen LogP contribution in [0, 0.1) is 0 Å². The first kappa shape index (κ1) is 15.6. The molecule has 0 N–H and O–H groups in total. The molecule has 0 unspecified atom stereocenters. The smallest absolute Gasteiger partial charge is 0.410 e. The Hall–Kier alpha value is -0.480. The van der Waals surface area contributed by atoms with Crippen LogP contribution in [0.5, 0.6) is 0 Å². The lowest BCUT2D eigenvalue weighted by molar-refractivity contribution is 0.0267. The third-order valence-corrected chi connectivity index (χ3v) is 3.87. The molecule has 1 atom stereocenters. The molecule has 0 spiro atoms. The van der Waals surface area contributed by atoms with E-state index in [4.69, 9.17) is 16.5 Å². The Balaban J connectivity index is 2.63. The zero-order chi connectivity index (χ0) is 14.1. The lowest BCUT2D eigenvalue weighted by Crippen LogP contribution is -2.47. The van der Waals surface area contributed by atoms with Crippen molar-refractivity contribution in [3.05, 3.63) is 0 Å². The minimum atomic E-state index is -0.450. The van der Waals surface area contributed by atoms with E-state index in [0.717, 1.165) is 6.42 Å². The molecule has 0 bridgehead atoms. The maximum atomic E-state index is 12.0. The lowest BCUT2D eigenvalue weighted by atomic mass is 10.0. The first-order valence-corrected chi connectivity index (χ1v) is 6.82. The summed E-state index contributed by atoms with van der Waals surface area (Å²) < 4.78 is 7.20. The van der Waals surface area contributed by atoms with Crippen molar-refractivity contribution in [3.8, 4) is 0 Å². The third-order valence-electron chi connectivity index (χ3n) is 3.07. The summed E-state index contributed by atoms with van der Waals surface area (Å²) in [5.41, 5.74) is -0.624. The van der Waals surface area contributed by atoms with Gasteiger partial charge in [-0.25, -0.2) is 9.21 Å². The molecule has 1 fully saturated rings. The van der Waals surface area contributed by atoms with Crippen molar-refractivity contribution in [2.24, 2.45) is 0 Å². The Bertz CT molecular complexity index is 315. The predicted octanol–water partition coefficient (Wildman–Crippen LogP) is 3.25. The van der Waals surface area contributed by atoms with Gasteiger partial charge in [-0.3, -0.25) is 0 Å². The Morgan fingerprint density at radius 1 is 1.44 bits per heavy atom. The van der Waals surface area contributed by atoms with Crippen LogP contribution in [0.15, 0.2) is 0 Å². The van der Waals surface area contributed by atoms with E-state index in [1.807, 2.05) is 39.0 Å². The largest absolute Gasteiger partial charge is 0.444 e. The highest BCUT2D eigenvalue weighted by molar-refractivity contribution is 6.14. The van der Waals surface area contributed by atoms with Crippen molar-refractivity contribution in [3.63, 3.8) is 0 Å². The van der Waals surface area contributed by atoms with Gasteiger partial charge in [-0.1, -0.05) is 0 Å². The highest BCUT2D eigenvalue weighted by atomic mass is 35.5. The van der Waals surface area contributed by atoms with Crippen LogP contribution in [-0.2, 0) is 4.74 Å². The van der Waals surface area contributed by atoms with Crippen LogP contribution in [0.4, 0.5) is 4.79 Å². The summed E-state index contributed by atoms with van der Waals surface area (Å²) in [5.74, 6) is 0. The van der Waals surface area contributed by atoms with Gasteiger partial charge in [0.15, 0.2) is 0 Å². The first-order chi connectivity index (χ1) is 8.05. The van der Waals surface area contributed by atoms with Crippen LogP contribution in [0.3, 0.4) is 0 Å². The van der Waals surface area contributed by atoms with E-state index in [-0.39, 0.29) is 17.7 Å². The van der Waals surface area contributed by atoms with Gasteiger partial charge in [0.2, 0.25) is 0 Å². The molecular formula is C13H25ClN2O2. The molecule has 0 saturated carbocycles. The van der Waals surface area contributed by atoms with Crippen molar-refractivity contribution in [1.82, 2.24) is 9.32 Å². The van der Waals surface area contributed by atoms with Crippen LogP contribution in [-0.4, -0.2) is 45.7 Å². The molecule has 1 heterocycles. The third kappa shape index (κ3) is 3.75. The number of halogens is 1. The SMILES string of the molecule is CC(C)N(Cl)[C@]1(C)CCN(C(=O)OC(C)(C)C)C1. The predicted molar refractivity (Wildman–Crippen MR) is 73.7 cm³/mol. The van der Waals surface area contributed by atoms with Crippen molar-refractivity contribution >= 4 is 17.9 Å². The number of carbonyl (C=O) groups excluding carboxylic acids is 1. The Morgan fingerprint density at radius 3 is 2.44 bits per heavy atom.